The summed E-state index contributed by atoms with van der Waals surface area (Å²) in [6, 6.07) is 0. The number of hydrogen-bond donors (Lipinski definition) is 5. The molecule has 1 rings (SSSR count). The second kappa shape index (κ2) is 15.3. The fraction of sp³-hybridized carbons (Fsp3) is 0. The Hall–Kier alpha value is -0.681. The molecule has 10 nitrogen and oxygen atoms in total. The average Bonchev–Trinajstić information content (AvgIpc) is 1.80. The zero-order chi connectivity index (χ0) is 10.4. The van der Waals surface area contributed by atoms with Crippen LogP contribution in [0.2, 0.25) is 0 Å². The summed E-state index contributed by atoms with van der Waals surface area (Å²) in [4.78, 5) is 35.9. The van der Waals surface area contributed by atoms with E-state index in [2.05, 4.69) is 23.7 Å². The molecule has 11 N–H and O–H groups in total. The predicted octanol–water partition coefficient (Wildman–Crippen LogP) is -6.05. The first-order valence-corrected chi connectivity index (χ1v) is 3.30. The molecule has 1 aromatic rings. The summed E-state index contributed by atoms with van der Waals surface area (Å²) in [5.41, 5.74) is 6.83. The number of nitrogens with one attached hydrogen (secondary N) is 3. The van der Waals surface area contributed by atoms with E-state index in [1.165, 1.54) is 0 Å². The van der Waals surface area contributed by atoms with Crippen LogP contribution < -0.4 is 28.5 Å². The molecular weight excluding hydrogens is 281 g/mol. The van der Waals surface area contributed by atoms with Crippen LogP contribution in [0.15, 0.2) is 14.4 Å². The summed E-state index contributed by atoms with van der Waals surface area (Å²) in [6.07, 6.45) is 0. The number of H-pyrrole nitrogens is 3. The van der Waals surface area contributed by atoms with Crippen molar-refractivity contribution in [1.29, 1.82) is 0 Å². The van der Waals surface area contributed by atoms with Gasteiger partial charge in [0.2, 0.25) is 0 Å². The van der Waals surface area contributed by atoms with Gasteiger partial charge in [-0.3, -0.25) is 15.0 Å². The summed E-state index contributed by atoms with van der Waals surface area (Å²) in [5.74, 6) is 0. The van der Waals surface area contributed by atoms with Crippen molar-refractivity contribution in [2.75, 3.05) is 0 Å². The van der Waals surface area contributed by atoms with Crippen molar-refractivity contribution in [2.24, 2.45) is 11.5 Å². The largest absolute Gasteiger partial charge is 2.00 e. The molecule has 1 aromatic heterocycles. The predicted molar refractivity (Wildman–Crippen MR) is 74.4 cm³/mol. The van der Waals surface area contributed by atoms with Gasteiger partial charge < -0.3 is 25.3 Å². The van der Waals surface area contributed by atoms with Crippen molar-refractivity contribution in [1.82, 2.24) is 15.0 Å². The molecule has 0 atom stereocenters. The smallest absolute Gasteiger partial charge is 1.00 e. The van der Waals surface area contributed by atoms with Crippen LogP contribution in [0.5, 0.6) is 0 Å². The average molecular weight is 298 g/mol. The molecule has 0 aliphatic heterocycles. The molecule has 0 fully saturated rings. The summed E-state index contributed by atoms with van der Waals surface area (Å²) in [7, 11) is 0. The van der Waals surface area contributed by atoms with Crippen molar-refractivity contribution in [3.8, 4) is 0 Å². The molecule has 98 valence electrons. The third-order valence-electron chi connectivity index (χ3n) is 0.681. The van der Waals surface area contributed by atoms with E-state index in [1.54, 1.807) is 15.0 Å². The molecule has 17 heavy (non-hydrogen) atoms. The molecule has 13 heteroatoms. The molecule has 0 amide bonds. The maximum absolute atomic E-state index is 10.2. The molecule has 0 saturated heterocycles. The molecule has 0 unspecified atom stereocenters. The second-order valence-corrected chi connectivity index (χ2v) is 2.24. The molecule has 0 saturated carbocycles. The number of nitrogens with two attached hydrogens (primary N) is 2. The topological polar surface area (TPSA) is 214 Å². The standard InChI is InChI=1S/C3H3N3O3.CH4N2S.Al.Mg.2H2O.5H/c7-1-4-2(8)6-3(9)5-1;2-1(3)4;;;;;;;;;/h(H3,4,5,6,7,8,9);(H4,2,3,4);;;2*1H2;;;;;/q;;;+2;;;;;;2*-1. The fourth-order valence-corrected chi connectivity index (χ4v) is 0.403. The minimum absolute atomic E-state index is 0. The van der Waals surface area contributed by atoms with Crippen molar-refractivity contribution in [3.63, 3.8) is 0 Å². The van der Waals surface area contributed by atoms with Crippen LogP contribution in [0.1, 0.15) is 2.85 Å². The van der Waals surface area contributed by atoms with Crippen LogP contribution in [0.25, 0.3) is 0 Å². The normalized spacial score (nSPS) is 6.35. The zero-order valence-electron chi connectivity index (χ0n) is 9.99. The van der Waals surface area contributed by atoms with Crippen molar-refractivity contribution in [3.05, 3.63) is 31.5 Å². The minimum atomic E-state index is -0.802. The Morgan fingerprint density at radius 3 is 1.18 bits per heavy atom. The molecule has 0 aromatic carbocycles. The van der Waals surface area contributed by atoms with E-state index in [0.29, 0.717) is 0 Å². The van der Waals surface area contributed by atoms with E-state index >= 15 is 0 Å². The number of aromatic nitrogens is 3. The van der Waals surface area contributed by atoms with E-state index in [-0.39, 0.29) is 59.3 Å². The molecule has 0 bridgehead atoms. The fourth-order valence-electron chi connectivity index (χ4n) is 0.403. The van der Waals surface area contributed by atoms with Gasteiger partial charge >= 0.3 is 40.1 Å². The maximum atomic E-state index is 10.2. The number of rotatable bonds is 0. The van der Waals surface area contributed by atoms with E-state index in [9.17, 15) is 14.4 Å². The van der Waals surface area contributed by atoms with Crippen molar-refractivity contribution in [2.45, 2.75) is 0 Å². The van der Waals surface area contributed by atoms with E-state index in [1.807, 2.05) is 0 Å². The van der Waals surface area contributed by atoms with Crippen LogP contribution in [0.3, 0.4) is 0 Å². The first-order valence-electron chi connectivity index (χ1n) is 2.89. The van der Waals surface area contributed by atoms with Gasteiger partial charge in [0, 0.05) is 0 Å². The molecule has 1 heterocycles. The van der Waals surface area contributed by atoms with Gasteiger partial charge in [-0.1, -0.05) is 0 Å². The monoisotopic (exact) mass is 297 g/mol. The van der Waals surface area contributed by atoms with E-state index in [4.69, 9.17) is 0 Å². The van der Waals surface area contributed by atoms with Crippen LogP contribution in [0.4, 0.5) is 0 Å². The molecule has 0 spiro atoms. The van der Waals surface area contributed by atoms with E-state index in [0.717, 1.165) is 0 Å². The first kappa shape index (κ1) is 29.9. The quantitative estimate of drug-likeness (QED) is 0.232. The summed E-state index contributed by atoms with van der Waals surface area (Å²) < 4.78 is 0. The van der Waals surface area contributed by atoms with Crippen molar-refractivity contribution >= 4 is 57.7 Å². The summed E-state index contributed by atoms with van der Waals surface area (Å²) in [5, 5.41) is 0.000000000000000222. The zero-order valence-corrected chi connectivity index (χ0v) is 10.2. The molecule has 0 aliphatic carbocycles. The SMILES string of the molecule is NC(N)=S.O.O.O=c1[nH]c(=O)[nH]c(=O)[nH]1.[AlH3].[H-].[H-].[Mg+2]. The number of aromatic amines is 3. The van der Waals surface area contributed by atoms with E-state index < -0.39 is 17.1 Å². The summed E-state index contributed by atoms with van der Waals surface area (Å²) in [6.45, 7) is 0. The molecule has 0 radical (unpaired) electrons. The van der Waals surface area contributed by atoms with Gasteiger partial charge in [-0.05, 0) is 12.2 Å². The maximum Gasteiger partial charge on any atom is 2.00 e. The third kappa shape index (κ3) is 21.2. The molecular formula is C4H16AlMgN5O5S. The van der Waals surface area contributed by atoms with Gasteiger partial charge in [0.1, 0.15) is 0 Å². The third-order valence-corrected chi connectivity index (χ3v) is 0.681. The van der Waals surface area contributed by atoms with Crippen LogP contribution in [-0.2, 0) is 0 Å². The Morgan fingerprint density at radius 2 is 1.06 bits per heavy atom. The Kier molecular flexibility index (Phi) is 26.9. The Labute approximate surface area is 129 Å². The Morgan fingerprint density at radius 1 is 0.941 bits per heavy atom. The van der Waals surface area contributed by atoms with Crippen LogP contribution in [0, 0.1) is 0 Å². The van der Waals surface area contributed by atoms with Gasteiger partial charge in [0.25, 0.3) is 0 Å². The minimum Gasteiger partial charge on any atom is -1.00 e. The Balaban J connectivity index is -0.0000000264. The number of thiocarbonyl (C=S) groups is 1. The first-order chi connectivity index (χ1) is 5.91. The van der Waals surface area contributed by atoms with Crippen LogP contribution >= 0.6 is 12.2 Å². The van der Waals surface area contributed by atoms with Gasteiger partial charge in [0.15, 0.2) is 22.5 Å². The van der Waals surface area contributed by atoms with Gasteiger partial charge in [-0.15, -0.1) is 0 Å². The summed E-state index contributed by atoms with van der Waals surface area (Å²) >= 11 is 4.09. The van der Waals surface area contributed by atoms with Gasteiger partial charge in [0.05, 0.1) is 0 Å². The second-order valence-electron chi connectivity index (χ2n) is 1.76. The Bertz CT molecular complexity index is 383. The number of hydrogen-bond acceptors (Lipinski definition) is 4. The van der Waals surface area contributed by atoms with Gasteiger partial charge in [-0.2, -0.15) is 0 Å². The van der Waals surface area contributed by atoms with Crippen LogP contribution in [-0.4, -0.2) is 71.4 Å². The molecule has 0 aliphatic rings. The van der Waals surface area contributed by atoms with Crippen molar-refractivity contribution < 1.29 is 13.8 Å². The van der Waals surface area contributed by atoms with Gasteiger partial charge in [-0.25, -0.2) is 14.4 Å².